The Morgan fingerprint density at radius 3 is 2.87 bits per heavy atom. The molecule has 3 aromatic heterocycles. The zero-order valence-corrected chi connectivity index (χ0v) is 16.0. The minimum atomic E-state index is -2.94. The number of rotatable bonds is 5. The van der Waals surface area contributed by atoms with E-state index in [1.807, 2.05) is 0 Å². The number of alkyl halides is 2. The lowest BCUT2D eigenvalue weighted by molar-refractivity contribution is 0.140. The van der Waals surface area contributed by atoms with Crippen LogP contribution >= 0.6 is 0 Å². The van der Waals surface area contributed by atoms with Crippen molar-refractivity contribution in [3.8, 4) is 29.3 Å². The van der Waals surface area contributed by atoms with Crippen molar-refractivity contribution in [2.45, 2.75) is 19.9 Å². The zero-order valence-electron chi connectivity index (χ0n) is 16.0. The highest BCUT2D eigenvalue weighted by Gasteiger charge is 2.22. The largest absolute Gasteiger partial charge is 0.462 e. The van der Waals surface area contributed by atoms with Crippen LogP contribution in [0.3, 0.4) is 0 Å². The molecule has 0 aliphatic heterocycles. The van der Waals surface area contributed by atoms with Crippen molar-refractivity contribution in [1.82, 2.24) is 24.7 Å². The Kier molecular flexibility index (Phi) is 5.44. The van der Waals surface area contributed by atoms with E-state index < -0.39 is 17.8 Å². The lowest BCUT2D eigenvalue weighted by Crippen LogP contribution is -2.15. The number of nitrogens with one attached hydrogen (secondary N) is 1. The normalized spacial score (nSPS) is 11.0. The van der Waals surface area contributed by atoms with Crippen molar-refractivity contribution in [2.24, 2.45) is 0 Å². The van der Waals surface area contributed by atoms with E-state index in [4.69, 9.17) is 9.26 Å². The summed E-state index contributed by atoms with van der Waals surface area (Å²) < 4.78 is 51.1. The van der Waals surface area contributed by atoms with Crippen LogP contribution < -0.4 is 10.3 Å². The molecule has 0 aliphatic rings. The number of aryl methyl sites for hydroxylation is 1. The third-order valence-corrected chi connectivity index (χ3v) is 4.21. The third-order valence-electron chi connectivity index (χ3n) is 4.21. The van der Waals surface area contributed by atoms with E-state index in [1.54, 1.807) is 19.1 Å². The van der Waals surface area contributed by atoms with Gasteiger partial charge in [0.2, 0.25) is 5.76 Å². The second-order valence-electron chi connectivity index (χ2n) is 6.23. The van der Waals surface area contributed by atoms with Gasteiger partial charge in [-0.25, -0.2) is 23.1 Å². The van der Waals surface area contributed by atoms with Gasteiger partial charge in [-0.05, 0) is 30.3 Å². The zero-order chi connectivity index (χ0) is 22.0. The van der Waals surface area contributed by atoms with Crippen molar-refractivity contribution in [3.63, 3.8) is 0 Å². The fourth-order valence-corrected chi connectivity index (χ4v) is 2.91. The molecule has 0 atom stereocenters. The summed E-state index contributed by atoms with van der Waals surface area (Å²) in [5.74, 6) is 4.79. The van der Waals surface area contributed by atoms with Gasteiger partial charge < -0.3 is 18.8 Å². The molecule has 0 saturated carbocycles. The molecule has 0 unspecified atom stereocenters. The third kappa shape index (κ3) is 4.13. The summed E-state index contributed by atoms with van der Waals surface area (Å²) in [5, 5.41) is 3.76. The number of hydrogen-bond acceptors (Lipinski definition) is 6. The molecule has 0 saturated heterocycles. The summed E-state index contributed by atoms with van der Waals surface area (Å²) in [6.07, 6.45) is -2.94. The van der Waals surface area contributed by atoms with Gasteiger partial charge in [0.15, 0.2) is 29.4 Å². The lowest BCUT2D eigenvalue weighted by atomic mass is 10.2. The van der Waals surface area contributed by atoms with Gasteiger partial charge in [-0.2, -0.15) is 0 Å². The quantitative estimate of drug-likeness (QED) is 0.489. The first-order chi connectivity index (χ1) is 15.0. The molecule has 1 aromatic carbocycles. The van der Waals surface area contributed by atoms with Gasteiger partial charge in [-0.15, -0.1) is 0 Å². The molecule has 4 rings (SSSR count). The van der Waals surface area contributed by atoms with Gasteiger partial charge in [0.25, 0.3) is 17.9 Å². The molecule has 0 amide bonds. The van der Waals surface area contributed by atoms with E-state index in [0.29, 0.717) is 12.1 Å². The highest BCUT2D eigenvalue weighted by atomic mass is 19.3. The maximum Gasteiger partial charge on any atom is 0.295 e. The maximum absolute atomic E-state index is 13.1. The lowest BCUT2D eigenvalue weighted by Gasteiger charge is -2.02. The van der Waals surface area contributed by atoms with Crippen molar-refractivity contribution >= 4 is 11.2 Å². The van der Waals surface area contributed by atoms with Crippen molar-refractivity contribution in [2.75, 3.05) is 6.61 Å². The van der Waals surface area contributed by atoms with Gasteiger partial charge in [0, 0.05) is 12.1 Å². The molecule has 0 fully saturated rings. The fraction of sp³-hybridized carbons (Fsp3) is 0.200. The van der Waals surface area contributed by atoms with Crippen LogP contribution in [-0.4, -0.2) is 31.3 Å². The molecule has 158 valence electrons. The van der Waals surface area contributed by atoms with Gasteiger partial charge in [0.05, 0.1) is 6.07 Å². The molecular weight excluding hydrogens is 415 g/mol. The molecule has 4 aromatic rings. The van der Waals surface area contributed by atoms with Gasteiger partial charge >= 0.3 is 0 Å². The van der Waals surface area contributed by atoms with Crippen LogP contribution in [0.25, 0.3) is 22.7 Å². The summed E-state index contributed by atoms with van der Waals surface area (Å²) in [6.45, 7) is 2.02. The monoisotopic (exact) mass is 429 g/mol. The standard InChI is InChI=1S/C20H14F3N5O3/c1-2-28-15-17(24-18(16(22)23)26-20(15)29)25-19(28)13-10-14(27-31-13)30-8-4-6-11-5-3-7-12(21)9-11/h3,5,7,9-10,16H,2,8H2,1H3,(H,24,26,29). The predicted molar refractivity (Wildman–Crippen MR) is 103 cm³/mol. The average molecular weight is 429 g/mol. The summed E-state index contributed by atoms with van der Waals surface area (Å²) in [4.78, 5) is 22.2. The van der Waals surface area contributed by atoms with Gasteiger partial charge in [-0.3, -0.25) is 4.79 Å². The number of halogens is 3. The molecule has 0 spiro atoms. The summed E-state index contributed by atoms with van der Waals surface area (Å²) in [6, 6.07) is 7.26. The fourth-order valence-electron chi connectivity index (χ4n) is 2.91. The van der Waals surface area contributed by atoms with E-state index in [0.717, 1.165) is 0 Å². The van der Waals surface area contributed by atoms with E-state index in [1.165, 1.54) is 22.8 Å². The number of aromatic nitrogens is 5. The Labute approximate surface area is 172 Å². The molecule has 0 bridgehead atoms. The number of H-pyrrole nitrogens is 1. The Morgan fingerprint density at radius 2 is 2.13 bits per heavy atom. The summed E-state index contributed by atoms with van der Waals surface area (Å²) in [7, 11) is 0. The molecule has 0 aliphatic carbocycles. The van der Waals surface area contributed by atoms with E-state index in [2.05, 4.69) is 31.9 Å². The molecule has 8 nitrogen and oxygen atoms in total. The minimum Gasteiger partial charge on any atom is -0.462 e. The first kappa shape index (κ1) is 20.2. The van der Waals surface area contributed by atoms with Crippen LogP contribution in [0.5, 0.6) is 5.88 Å². The van der Waals surface area contributed by atoms with Gasteiger partial charge in [0.1, 0.15) is 5.82 Å². The number of nitrogens with zero attached hydrogens (tertiary/aromatic N) is 4. The maximum atomic E-state index is 13.1. The second kappa shape index (κ2) is 8.35. The minimum absolute atomic E-state index is 0.0361. The highest BCUT2D eigenvalue weighted by Crippen LogP contribution is 2.26. The van der Waals surface area contributed by atoms with Crippen molar-refractivity contribution in [1.29, 1.82) is 0 Å². The molecular formula is C20H14F3N5O3. The van der Waals surface area contributed by atoms with Crippen LogP contribution in [0.4, 0.5) is 13.2 Å². The second-order valence-corrected chi connectivity index (χ2v) is 6.23. The van der Waals surface area contributed by atoms with E-state index in [-0.39, 0.29) is 41.1 Å². The first-order valence-corrected chi connectivity index (χ1v) is 9.09. The number of imidazole rings is 1. The van der Waals surface area contributed by atoms with Crippen LogP contribution in [0.15, 0.2) is 39.6 Å². The number of benzene rings is 1. The number of fused-ring (bicyclic) bond motifs is 1. The summed E-state index contributed by atoms with van der Waals surface area (Å²) in [5.41, 5.74) is -0.316. The molecule has 31 heavy (non-hydrogen) atoms. The van der Waals surface area contributed by atoms with Crippen LogP contribution in [0, 0.1) is 17.7 Å². The van der Waals surface area contributed by atoms with E-state index in [9.17, 15) is 18.0 Å². The summed E-state index contributed by atoms with van der Waals surface area (Å²) >= 11 is 0. The van der Waals surface area contributed by atoms with Crippen molar-refractivity contribution < 1.29 is 22.4 Å². The number of aromatic amines is 1. The van der Waals surface area contributed by atoms with E-state index >= 15 is 0 Å². The Morgan fingerprint density at radius 1 is 1.29 bits per heavy atom. The Hall–Kier alpha value is -4.07. The van der Waals surface area contributed by atoms with Crippen LogP contribution in [-0.2, 0) is 6.54 Å². The molecule has 1 N–H and O–H groups in total. The number of hydrogen-bond donors (Lipinski definition) is 1. The smallest absolute Gasteiger partial charge is 0.295 e. The highest BCUT2D eigenvalue weighted by molar-refractivity contribution is 5.75. The molecule has 11 heteroatoms. The average Bonchev–Trinajstić information content (AvgIpc) is 3.35. The number of ether oxygens (including phenoxy) is 1. The molecule has 0 radical (unpaired) electrons. The molecule has 3 heterocycles. The van der Waals surface area contributed by atoms with Gasteiger partial charge in [-0.1, -0.05) is 17.9 Å². The van der Waals surface area contributed by atoms with Crippen LogP contribution in [0.1, 0.15) is 24.7 Å². The Balaban J connectivity index is 1.57. The van der Waals surface area contributed by atoms with Crippen LogP contribution in [0.2, 0.25) is 0 Å². The van der Waals surface area contributed by atoms with Crippen molar-refractivity contribution in [3.05, 3.63) is 57.9 Å². The SMILES string of the molecule is CCn1c(-c2cc(OCC#Cc3cccc(F)c3)no2)nc2nc(C(F)F)[nH]c(=O)c21. The Bertz CT molecular complexity index is 1360. The predicted octanol–water partition coefficient (Wildman–Crippen LogP) is 3.30. The first-order valence-electron chi connectivity index (χ1n) is 9.09. The topological polar surface area (TPSA) is 98.8 Å².